The van der Waals surface area contributed by atoms with Crippen LogP contribution in [0.1, 0.15) is 24.0 Å². The van der Waals surface area contributed by atoms with Crippen LogP contribution in [-0.2, 0) is 22.3 Å². The van der Waals surface area contributed by atoms with Gasteiger partial charge in [0.15, 0.2) is 0 Å². The summed E-state index contributed by atoms with van der Waals surface area (Å²) in [5.41, 5.74) is 1.97. The summed E-state index contributed by atoms with van der Waals surface area (Å²) < 4.78 is 26.8. The Balaban J connectivity index is 1.79. The van der Waals surface area contributed by atoms with E-state index in [1.165, 1.54) is 12.8 Å². The molecule has 0 spiro atoms. The van der Waals surface area contributed by atoms with Gasteiger partial charge in [0, 0.05) is 25.7 Å². The summed E-state index contributed by atoms with van der Waals surface area (Å²) in [5, 5.41) is 3.07. The van der Waals surface area contributed by atoms with Gasteiger partial charge in [0.2, 0.25) is 10.0 Å². The summed E-state index contributed by atoms with van der Waals surface area (Å²) >= 11 is 0. The number of benzene rings is 1. The van der Waals surface area contributed by atoms with Gasteiger partial charge >= 0.3 is 0 Å². The van der Waals surface area contributed by atoms with Crippen molar-refractivity contribution in [3.8, 4) is 0 Å². The fraction of sp³-hybridized carbons (Fsp3) is 0.600. The molecule has 0 heterocycles. The van der Waals surface area contributed by atoms with Crippen LogP contribution in [0.4, 0.5) is 0 Å². The normalized spacial score (nSPS) is 15.6. The van der Waals surface area contributed by atoms with Crippen LogP contribution >= 0.6 is 0 Å². The number of rotatable bonds is 9. The average Bonchev–Trinajstić information content (AvgIpc) is 3.25. The summed E-state index contributed by atoms with van der Waals surface area (Å²) in [6.45, 7) is 2.04. The second-order valence-electron chi connectivity index (χ2n) is 5.71. The van der Waals surface area contributed by atoms with E-state index in [1.807, 2.05) is 38.4 Å². The summed E-state index contributed by atoms with van der Waals surface area (Å²) in [6.07, 6.45) is 2.48. The van der Waals surface area contributed by atoms with Crippen molar-refractivity contribution >= 4 is 10.0 Å². The van der Waals surface area contributed by atoms with Gasteiger partial charge in [0.1, 0.15) is 0 Å². The predicted molar refractivity (Wildman–Crippen MR) is 85.5 cm³/mol. The Hall–Kier alpha value is -0.950. The summed E-state index contributed by atoms with van der Waals surface area (Å²) in [5.74, 6) is 0.0416. The Labute approximate surface area is 127 Å². The zero-order valence-corrected chi connectivity index (χ0v) is 13.6. The molecule has 0 aliphatic heterocycles. The van der Waals surface area contributed by atoms with E-state index in [-0.39, 0.29) is 5.75 Å². The molecular formula is C15H25N3O2S. The summed E-state index contributed by atoms with van der Waals surface area (Å²) in [7, 11) is 0.685. The van der Waals surface area contributed by atoms with Gasteiger partial charge in [-0.1, -0.05) is 24.3 Å². The van der Waals surface area contributed by atoms with Crippen molar-refractivity contribution in [1.29, 1.82) is 0 Å². The number of nitrogens with one attached hydrogen (secondary N) is 2. The summed E-state index contributed by atoms with van der Waals surface area (Å²) in [6, 6.07) is 8.34. The number of hydrogen-bond acceptors (Lipinski definition) is 4. The topological polar surface area (TPSA) is 61.4 Å². The molecule has 1 saturated carbocycles. The van der Waals surface area contributed by atoms with Crippen molar-refractivity contribution in [2.75, 3.05) is 27.2 Å². The molecule has 0 bridgehead atoms. The molecule has 2 N–H and O–H groups in total. The molecule has 1 aliphatic rings. The van der Waals surface area contributed by atoms with E-state index in [2.05, 4.69) is 14.9 Å². The number of likely N-dealkylation sites (N-methyl/N-ethyl adjacent to an activating group) is 1. The summed E-state index contributed by atoms with van der Waals surface area (Å²) in [4.78, 5) is 2.22. The zero-order chi connectivity index (χ0) is 15.3. The van der Waals surface area contributed by atoms with Crippen LogP contribution in [0, 0.1) is 0 Å². The SMILES string of the molecule is CNCc1ccc(CS(=O)(=O)NCCN(C)C2CC2)cc1. The van der Waals surface area contributed by atoms with Crippen LogP contribution in [0.5, 0.6) is 0 Å². The standard InChI is InChI=1S/C15H25N3O2S/c1-16-11-13-3-5-14(6-4-13)12-21(19,20)17-9-10-18(2)15-7-8-15/h3-6,15-17H,7-12H2,1-2H3. The lowest BCUT2D eigenvalue weighted by atomic mass is 10.1. The Morgan fingerprint density at radius 2 is 1.81 bits per heavy atom. The quantitative estimate of drug-likeness (QED) is 0.712. The third-order valence-corrected chi connectivity index (χ3v) is 5.07. The molecule has 6 heteroatoms. The van der Waals surface area contributed by atoms with Gasteiger partial charge in [0.25, 0.3) is 0 Å². The lowest BCUT2D eigenvalue weighted by Crippen LogP contribution is -2.34. The molecular weight excluding hydrogens is 286 g/mol. The maximum atomic E-state index is 12.0. The van der Waals surface area contributed by atoms with Gasteiger partial charge in [-0.05, 0) is 38.1 Å². The number of nitrogens with zero attached hydrogens (tertiary/aromatic N) is 1. The van der Waals surface area contributed by atoms with Crippen LogP contribution in [0.3, 0.4) is 0 Å². The van der Waals surface area contributed by atoms with Crippen molar-refractivity contribution < 1.29 is 8.42 Å². The van der Waals surface area contributed by atoms with E-state index in [0.717, 1.165) is 24.2 Å². The second kappa shape index (κ2) is 7.35. The molecule has 5 nitrogen and oxygen atoms in total. The maximum absolute atomic E-state index is 12.0. The second-order valence-corrected chi connectivity index (χ2v) is 7.52. The van der Waals surface area contributed by atoms with Crippen LogP contribution in [0.25, 0.3) is 0 Å². The smallest absolute Gasteiger partial charge is 0.215 e. The van der Waals surface area contributed by atoms with Crippen LogP contribution < -0.4 is 10.0 Å². The van der Waals surface area contributed by atoms with Gasteiger partial charge in [-0.3, -0.25) is 0 Å². The Morgan fingerprint density at radius 3 is 2.38 bits per heavy atom. The van der Waals surface area contributed by atoms with Crippen LogP contribution in [-0.4, -0.2) is 46.5 Å². The highest BCUT2D eigenvalue weighted by Crippen LogP contribution is 2.24. The lowest BCUT2D eigenvalue weighted by Gasteiger charge is -2.15. The van der Waals surface area contributed by atoms with E-state index in [9.17, 15) is 8.42 Å². The zero-order valence-electron chi connectivity index (χ0n) is 12.8. The molecule has 21 heavy (non-hydrogen) atoms. The molecule has 0 radical (unpaired) electrons. The van der Waals surface area contributed by atoms with Crippen molar-refractivity contribution in [2.45, 2.75) is 31.2 Å². The van der Waals surface area contributed by atoms with E-state index >= 15 is 0 Å². The highest BCUT2D eigenvalue weighted by atomic mass is 32.2. The van der Waals surface area contributed by atoms with Gasteiger partial charge in [-0.2, -0.15) is 0 Å². The first-order valence-corrected chi connectivity index (χ1v) is 9.05. The number of sulfonamides is 1. The van der Waals surface area contributed by atoms with E-state index in [4.69, 9.17) is 0 Å². The van der Waals surface area contributed by atoms with Crippen molar-refractivity contribution in [2.24, 2.45) is 0 Å². The molecule has 2 rings (SSSR count). The fourth-order valence-corrected chi connectivity index (χ4v) is 3.44. The first-order chi connectivity index (χ1) is 10.00. The van der Waals surface area contributed by atoms with E-state index < -0.39 is 10.0 Å². The maximum Gasteiger partial charge on any atom is 0.215 e. The Bertz CT molecular complexity index is 539. The van der Waals surface area contributed by atoms with Gasteiger partial charge in [-0.15, -0.1) is 0 Å². The minimum absolute atomic E-state index is 0.0416. The Morgan fingerprint density at radius 1 is 1.19 bits per heavy atom. The van der Waals surface area contributed by atoms with Crippen LogP contribution in [0.2, 0.25) is 0 Å². The predicted octanol–water partition coefficient (Wildman–Crippen LogP) is 0.920. The molecule has 0 unspecified atom stereocenters. The highest BCUT2D eigenvalue weighted by Gasteiger charge is 2.25. The Kier molecular flexibility index (Phi) is 5.75. The van der Waals surface area contributed by atoms with E-state index in [1.54, 1.807) is 0 Å². The lowest BCUT2D eigenvalue weighted by molar-refractivity contribution is 0.329. The minimum Gasteiger partial charge on any atom is -0.316 e. The third-order valence-electron chi connectivity index (χ3n) is 3.72. The molecule has 0 saturated heterocycles. The van der Waals surface area contributed by atoms with Gasteiger partial charge in [-0.25, -0.2) is 13.1 Å². The van der Waals surface area contributed by atoms with Crippen molar-refractivity contribution in [3.63, 3.8) is 0 Å². The van der Waals surface area contributed by atoms with E-state index in [0.29, 0.717) is 12.6 Å². The molecule has 1 aromatic rings. The largest absolute Gasteiger partial charge is 0.316 e. The van der Waals surface area contributed by atoms with Gasteiger partial charge < -0.3 is 10.2 Å². The first-order valence-electron chi connectivity index (χ1n) is 7.40. The van der Waals surface area contributed by atoms with Crippen molar-refractivity contribution in [3.05, 3.63) is 35.4 Å². The molecule has 1 fully saturated rings. The van der Waals surface area contributed by atoms with Crippen LogP contribution in [0.15, 0.2) is 24.3 Å². The van der Waals surface area contributed by atoms with Crippen molar-refractivity contribution in [1.82, 2.24) is 14.9 Å². The molecule has 1 aromatic carbocycles. The molecule has 0 atom stereocenters. The third kappa shape index (κ3) is 5.74. The monoisotopic (exact) mass is 311 g/mol. The molecule has 118 valence electrons. The molecule has 1 aliphatic carbocycles. The molecule has 0 amide bonds. The fourth-order valence-electron chi connectivity index (χ4n) is 2.30. The first kappa shape index (κ1) is 16.4. The van der Waals surface area contributed by atoms with Gasteiger partial charge in [0.05, 0.1) is 5.75 Å². The molecule has 0 aromatic heterocycles. The number of hydrogen-bond donors (Lipinski definition) is 2. The highest BCUT2D eigenvalue weighted by molar-refractivity contribution is 7.88. The average molecular weight is 311 g/mol. The minimum atomic E-state index is -3.25.